The lowest BCUT2D eigenvalue weighted by Gasteiger charge is -2.13. The van der Waals surface area contributed by atoms with Crippen molar-refractivity contribution in [2.24, 2.45) is 0 Å². The average Bonchev–Trinajstić information content (AvgIpc) is 2.56. The van der Waals surface area contributed by atoms with Crippen molar-refractivity contribution < 1.29 is 0 Å². The van der Waals surface area contributed by atoms with Gasteiger partial charge in [-0.15, -0.1) is 0 Å². The monoisotopic (exact) mass is 244 g/mol. The number of aromatic nitrogens is 2. The van der Waals surface area contributed by atoms with Gasteiger partial charge in [0.2, 0.25) is 0 Å². The summed E-state index contributed by atoms with van der Waals surface area (Å²) in [6, 6.07) is 0. The van der Waals surface area contributed by atoms with Crippen LogP contribution < -0.4 is 0 Å². The molecule has 0 aliphatic rings. The predicted molar refractivity (Wildman–Crippen MR) is 71.3 cm³/mol. The Morgan fingerprint density at radius 1 is 1.47 bits per heavy atom. The van der Waals surface area contributed by atoms with Crippen LogP contribution in [-0.4, -0.2) is 21.1 Å². The predicted octanol–water partition coefficient (Wildman–Crippen LogP) is 3.81. The Morgan fingerprint density at radius 2 is 2.13 bits per heavy atom. The lowest BCUT2D eigenvalue weighted by Crippen LogP contribution is -2.08. The molecule has 0 spiro atoms. The van der Waals surface area contributed by atoms with Gasteiger partial charge in [-0.2, -0.15) is 11.8 Å². The molecule has 0 aliphatic heterocycles. The van der Waals surface area contributed by atoms with E-state index in [9.17, 15) is 0 Å². The average molecular weight is 244 g/mol. The van der Waals surface area contributed by atoms with E-state index in [1.807, 2.05) is 18.0 Å². The number of rotatable bonds is 5. The lowest BCUT2D eigenvalue weighted by atomic mass is 10.1. The van der Waals surface area contributed by atoms with E-state index in [0.29, 0.717) is 11.2 Å². The van der Waals surface area contributed by atoms with Gasteiger partial charge in [-0.25, -0.2) is 0 Å². The van der Waals surface area contributed by atoms with Crippen molar-refractivity contribution in [1.82, 2.24) is 9.55 Å². The van der Waals surface area contributed by atoms with Gasteiger partial charge in [0.05, 0.1) is 0 Å². The maximum absolute atomic E-state index is 5.28. The molecule has 4 heteroatoms. The molecular weight excluding hydrogens is 224 g/mol. The zero-order chi connectivity index (χ0) is 11.4. The number of thioether (sulfide) groups is 1. The van der Waals surface area contributed by atoms with Gasteiger partial charge < -0.3 is 9.55 Å². The molecule has 15 heavy (non-hydrogen) atoms. The van der Waals surface area contributed by atoms with Crippen LogP contribution >= 0.6 is 24.0 Å². The largest absolute Gasteiger partial charge is 0.337 e. The van der Waals surface area contributed by atoms with Gasteiger partial charge in [-0.05, 0) is 30.8 Å². The quantitative estimate of drug-likeness (QED) is 0.795. The third-order valence-electron chi connectivity index (χ3n) is 2.65. The van der Waals surface area contributed by atoms with E-state index in [4.69, 9.17) is 12.2 Å². The van der Waals surface area contributed by atoms with Crippen LogP contribution in [0.15, 0.2) is 6.20 Å². The van der Waals surface area contributed by atoms with Gasteiger partial charge in [0, 0.05) is 23.7 Å². The molecule has 0 saturated heterocycles. The second-order valence-electron chi connectivity index (χ2n) is 4.16. The molecule has 1 aromatic rings. The van der Waals surface area contributed by atoms with Crippen LogP contribution in [0.5, 0.6) is 0 Å². The normalized spacial score (nSPS) is 13.4. The zero-order valence-corrected chi connectivity index (χ0v) is 11.5. The van der Waals surface area contributed by atoms with Crippen LogP contribution in [0.2, 0.25) is 0 Å². The number of imidazole rings is 1. The minimum absolute atomic E-state index is 0.530. The smallest absolute Gasteiger partial charge is 0.177 e. The maximum atomic E-state index is 5.28. The summed E-state index contributed by atoms with van der Waals surface area (Å²) in [5.41, 5.74) is 1.31. The third kappa shape index (κ3) is 3.38. The molecule has 0 fully saturated rings. The lowest BCUT2D eigenvalue weighted by molar-refractivity contribution is 0.592. The number of aromatic amines is 1. The third-order valence-corrected chi connectivity index (χ3v) is 4.03. The summed E-state index contributed by atoms with van der Waals surface area (Å²) < 4.78 is 3.08. The van der Waals surface area contributed by atoms with Gasteiger partial charge in [0.25, 0.3) is 0 Å². The highest BCUT2D eigenvalue weighted by molar-refractivity contribution is 7.99. The van der Waals surface area contributed by atoms with E-state index in [2.05, 4.69) is 36.6 Å². The maximum Gasteiger partial charge on any atom is 0.177 e. The summed E-state index contributed by atoms with van der Waals surface area (Å²) in [4.78, 5) is 3.13. The van der Waals surface area contributed by atoms with Crippen molar-refractivity contribution in [3.63, 3.8) is 0 Å². The summed E-state index contributed by atoms with van der Waals surface area (Å²) in [6.45, 7) is 7.69. The van der Waals surface area contributed by atoms with Crippen LogP contribution in [0.3, 0.4) is 0 Å². The van der Waals surface area contributed by atoms with Gasteiger partial charge in [0.15, 0.2) is 4.77 Å². The highest BCUT2D eigenvalue weighted by Gasteiger charge is 2.08. The molecule has 0 aliphatic carbocycles. The van der Waals surface area contributed by atoms with Crippen molar-refractivity contribution in [3.05, 3.63) is 16.7 Å². The fraction of sp³-hybridized carbons (Fsp3) is 0.727. The summed E-state index contributed by atoms with van der Waals surface area (Å²) in [5, 5.41) is 0.696. The number of nitrogens with zero attached hydrogens (tertiary/aromatic N) is 1. The Bertz CT molecular complexity index is 352. The SMILES string of the molecule is CSC(C)CCn1c(C(C)C)c[nH]c1=S. The number of hydrogen-bond donors (Lipinski definition) is 1. The Balaban J connectivity index is 2.75. The molecule has 0 bridgehead atoms. The van der Waals surface area contributed by atoms with Crippen molar-refractivity contribution in [1.29, 1.82) is 0 Å². The van der Waals surface area contributed by atoms with Gasteiger partial charge in [-0.3, -0.25) is 0 Å². The van der Waals surface area contributed by atoms with Crippen molar-refractivity contribution in [2.75, 3.05) is 6.26 Å². The second kappa shape index (κ2) is 5.75. The molecule has 1 unspecified atom stereocenters. The minimum Gasteiger partial charge on any atom is -0.337 e. The molecule has 0 amide bonds. The summed E-state index contributed by atoms with van der Waals surface area (Å²) in [7, 11) is 0. The van der Waals surface area contributed by atoms with Gasteiger partial charge in [-0.1, -0.05) is 20.8 Å². The fourth-order valence-corrected chi connectivity index (χ4v) is 2.14. The summed E-state index contributed by atoms with van der Waals surface area (Å²) in [5.74, 6) is 0.530. The first kappa shape index (κ1) is 12.8. The summed E-state index contributed by atoms with van der Waals surface area (Å²) >= 11 is 7.19. The molecule has 1 heterocycles. The fourth-order valence-electron chi connectivity index (χ4n) is 1.55. The number of hydrogen-bond acceptors (Lipinski definition) is 2. The van der Waals surface area contributed by atoms with E-state index >= 15 is 0 Å². The van der Waals surface area contributed by atoms with Crippen LogP contribution in [0.25, 0.3) is 0 Å². The molecule has 1 aromatic heterocycles. The van der Waals surface area contributed by atoms with Gasteiger partial charge in [0.1, 0.15) is 0 Å². The van der Waals surface area contributed by atoms with Crippen molar-refractivity contribution in [2.45, 2.75) is 44.9 Å². The Hall–Kier alpha value is -0.220. The van der Waals surface area contributed by atoms with Gasteiger partial charge >= 0.3 is 0 Å². The van der Waals surface area contributed by atoms with Crippen molar-refractivity contribution in [3.8, 4) is 0 Å². The molecule has 86 valence electrons. The molecule has 2 nitrogen and oxygen atoms in total. The van der Waals surface area contributed by atoms with E-state index in [1.54, 1.807) is 0 Å². The first-order valence-electron chi connectivity index (χ1n) is 5.37. The van der Waals surface area contributed by atoms with Crippen LogP contribution in [-0.2, 0) is 6.54 Å². The Kier molecular flexibility index (Phi) is 4.93. The van der Waals surface area contributed by atoms with Crippen LogP contribution in [0.4, 0.5) is 0 Å². The first-order valence-corrected chi connectivity index (χ1v) is 7.06. The van der Waals surface area contributed by atoms with E-state index in [0.717, 1.165) is 11.3 Å². The van der Waals surface area contributed by atoms with E-state index in [-0.39, 0.29) is 0 Å². The molecular formula is C11H20N2S2. The number of H-pyrrole nitrogens is 1. The summed E-state index contributed by atoms with van der Waals surface area (Å²) in [6.07, 6.45) is 5.37. The topological polar surface area (TPSA) is 20.7 Å². The highest BCUT2D eigenvalue weighted by atomic mass is 32.2. The van der Waals surface area contributed by atoms with Crippen molar-refractivity contribution >= 4 is 24.0 Å². The second-order valence-corrected chi connectivity index (χ2v) is 5.82. The molecule has 1 rings (SSSR count). The minimum atomic E-state index is 0.530. The molecule has 1 N–H and O–H groups in total. The zero-order valence-electron chi connectivity index (χ0n) is 9.91. The molecule has 0 aromatic carbocycles. The van der Waals surface area contributed by atoms with Crippen LogP contribution in [0.1, 0.15) is 38.8 Å². The first-order chi connectivity index (χ1) is 7.06. The molecule has 0 radical (unpaired) electrons. The Morgan fingerprint density at radius 3 is 2.67 bits per heavy atom. The molecule has 1 atom stereocenters. The molecule has 0 saturated carbocycles. The number of nitrogens with one attached hydrogen (secondary N) is 1. The highest BCUT2D eigenvalue weighted by Crippen LogP contribution is 2.17. The van der Waals surface area contributed by atoms with E-state index in [1.165, 1.54) is 12.1 Å². The standard InChI is InChI=1S/C11H20N2S2/c1-8(2)10-7-12-11(14)13(10)6-5-9(3)15-4/h7-9H,5-6H2,1-4H3,(H,12,14). The van der Waals surface area contributed by atoms with Crippen LogP contribution in [0, 0.1) is 4.77 Å². The van der Waals surface area contributed by atoms with E-state index < -0.39 is 0 Å². The Labute approximate surface area is 101 Å².